The highest BCUT2D eigenvalue weighted by molar-refractivity contribution is 7.14. The molecule has 1 unspecified atom stereocenters. The summed E-state index contributed by atoms with van der Waals surface area (Å²) in [6, 6.07) is 8.94. The quantitative estimate of drug-likeness (QED) is 0.484. The van der Waals surface area contributed by atoms with Crippen LogP contribution >= 0.6 is 11.3 Å². The van der Waals surface area contributed by atoms with E-state index >= 15 is 0 Å². The first kappa shape index (κ1) is 21.0. The molecular formula is C25H32N4S. The zero-order chi connectivity index (χ0) is 21.1. The smallest absolute Gasteiger partial charge is 0.186 e. The normalized spacial score (nSPS) is 15.5. The lowest BCUT2D eigenvalue weighted by atomic mass is 9.98. The van der Waals surface area contributed by atoms with Gasteiger partial charge < -0.3 is 9.80 Å². The van der Waals surface area contributed by atoms with Crippen LogP contribution in [-0.4, -0.2) is 41.0 Å². The molecule has 0 spiro atoms. The van der Waals surface area contributed by atoms with Crippen molar-refractivity contribution in [1.82, 2.24) is 14.9 Å². The Morgan fingerprint density at radius 1 is 1.13 bits per heavy atom. The van der Waals surface area contributed by atoms with Crippen molar-refractivity contribution in [3.05, 3.63) is 64.3 Å². The first-order chi connectivity index (χ1) is 14.5. The number of pyridine rings is 1. The fraction of sp³-hybridized carbons (Fsp3) is 0.440. The number of rotatable bonds is 7. The van der Waals surface area contributed by atoms with Gasteiger partial charge in [0.2, 0.25) is 0 Å². The minimum Gasteiger partial charge on any atom is -0.340 e. The van der Waals surface area contributed by atoms with Gasteiger partial charge in [-0.2, -0.15) is 0 Å². The second kappa shape index (κ2) is 9.27. The van der Waals surface area contributed by atoms with Gasteiger partial charge in [0.05, 0.1) is 11.7 Å². The Morgan fingerprint density at radius 3 is 2.53 bits per heavy atom. The van der Waals surface area contributed by atoms with E-state index in [4.69, 9.17) is 4.98 Å². The average molecular weight is 421 g/mol. The van der Waals surface area contributed by atoms with E-state index in [1.165, 1.54) is 53.7 Å². The van der Waals surface area contributed by atoms with Gasteiger partial charge in [-0.15, -0.1) is 11.3 Å². The van der Waals surface area contributed by atoms with Crippen LogP contribution in [0.25, 0.3) is 11.3 Å². The highest BCUT2D eigenvalue weighted by atomic mass is 32.1. The molecular weight excluding hydrogens is 388 g/mol. The largest absolute Gasteiger partial charge is 0.340 e. The van der Waals surface area contributed by atoms with Crippen LogP contribution in [0.2, 0.25) is 0 Å². The summed E-state index contributed by atoms with van der Waals surface area (Å²) in [6.07, 6.45) is 6.47. The van der Waals surface area contributed by atoms with Crippen molar-refractivity contribution in [2.75, 3.05) is 31.1 Å². The molecule has 3 aromatic rings. The van der Waals surface area contributed by atoms with Crippen LogP contribution in [0.4, 0.5) is 5.13 Å². The topological polar surface area (TPSA) is 32.3 Å². The van der Waals surface area contributed by atoms with Crippen molar-refractivity contribution in [1.29, 1.82) is 0 Å². The Hall–Kier alpha value is -2.24. The summed E-state index contributed by atoms with van der Waals surface area (Å²) in [4.78, 5) is 14.5. The van der Waals surface area contributed by atoms with E-state index in [9.17, 15) is 0 Å². The predicted octanol–water partition coefficient (Wildman–Crippen LogP) is 5.79. The van der Waals surface area contributed by atoms with Gasteiger partial charge in [-0.05, 0) is 76.4 Å². The van der Waals surface area contributed by atoms with Crippen LogP contribution < -0.4 is 4.90 Å². The number of aryl methyl sites for hydroxylation is 3. The number of hydrogen-bond acceptors (Lipinski definition) is 5. The maximum atomic E-state index is 5.13. The van der Waals surface area contributed by atoms with E-state index in [2.05, 4.69) is 66.1 Å². The number of benzene rings is 1. The molecule has 0 bridgehead atoms. The van der Waals surface area contributed by atoms with Gasteiger partial charge in [-0.25, -0.2) is 4.98 Å². The molecule has 4 rings (SSSR count). The third-order valence-corrected chi connectivity index (χ3v) is 7.04. The van der Waals surface area contributed by atoms with Crippen molar-refractivity contribution < 1.29 is 0 Å². The zero-order valence-electron chi connectivity index (χ0n) is 18.6. The van der Waals surface area contributed by atoms with Gasteiger partial charge in [0.15, 0.2) is 5.13 Å². The van der Waals surface area contributed by atoms with Crippen molar-refractivity contribution in [2.45, 2.75) is 46.6 Å². The van der Waals surface area contributed by atoms with Gasteiger partial charge in [0, 0.05) is 36.4 Å². The SMILES string of the molecule is Cc1cc(C)c(-c2csc(N(CCN3CCCC3)C(C)c3cccnc3)n2)c(C)c1. The summed E-state index contributed by atoms with van der Waals surface area (Å²) in [6.45, 7) is 13.3. The van der Waals surface area contributed by atoms with Crippen LogP contribution in [0.3, 0.4) is 0 Å². The molecule has 2 aromatic heterocycles. The van der Waals surface area contributed by atoms with Gasteiger partial charge in [0.1, 0.15) is 0 Å². The molecule has 4 nitrogen and oxygen atoms in total. The Labute approximate surface area is 184 Å². The summed E-state index contributed by atoms with van der Waals surface area (Å²) >= 11 is 1.76. The van der Waals surface area contributed by atoms with Crippen LogP contribution in [0.15, 0.2) is 42.0 Å². The summed E-state index contributed by atoms with van der Waals surface area (Å²) < 4.78 is 0. The molecule has 1 aromatic carbocycles. The number of aromatic nitrogens is 2. The number of hydrogen-bond donors (Lipinski definition) is 0. The summed E-state index contributed by atoms with van der Waals surface area (Å²) in [5.41, 5.74) is 7.51. The number of anilines is 1. The molecule has 1 fully saturated rings. The Balaban J connectivity index is 1.63. The monoisotopic (exact) mass is 420 g/mol. The second-order valence-electron chi connectivity index (χ2n) is 8.49. The van der Waals surface area contributed by atoms with Gasteiger partial charge in [0.25, 0.3) is 0 Å². The Bertz CT molecular complexity index is 953. The maximum Gasteiger partial charge on any atom is 0.186 e. The molecule has 30 heavy (non-hydrogen) atoms. The molecule has 3 heterocycles. The van der Waals surface area contributed by atoms with Crippen molar-refractivity contribution in [3.63, 3.8) is 0 Å². The van der Waals surface area contributed by atoms with E-state index < -0.39 is 0 Å². The lowest BCUT2D eigenvalue weighted by Gasteiger charge is -2.30. The number of thiazole rings is 1. The molecule has 0 amide bonds. The summed E-state index contributed by atoms with van der Waals surface area (Å²) in [5, 5.41) is 3.32. The standard InChI is InChI=1S/C25H32N4S/c1-18-14-19(2)24(20(3)15-18)23-17-30-25(27-23)29(13-12-28-10-5-6-11-28)21(4)22-8-7-9-26-16-22/h7-9,14-17,21H,5-6,10-13H2,1-4H3. The Morgan fingerprint density at radius 2 is 1.87 bits per heavy atom. The van der Waals surface area contributed by atoms with E-state index in [-0.39, 0.29) is 6.04 Å². The average Bonchev–Trinajstić information content (AvgIpc) is 3.41. The first-order valence-corrected chi connectivity index (χ1v) is 11.8. The number of likely N-dealkylation sites (tertiary alicyclic amines) is 1. The Kier molecular flexibility index (Phi) is 6.49. The zero-order valence-corrected chi connectivity index (χ0v) is 19.4. The summed E-state index contributed by atoms with van der Waals surface area (Å²) in [5.74, 6) is 0. The molecule has 1 atom stereocenters. The van der Waals surface area contributed by atoms with Crippen LogP contribution in [0.1, 0.15) is 48.1 Å². The molecule has 0 N–H and O–H groups in total. The number of nitrogens with zero attached hydrogens (tertiary/aromatic N) is 4. The van der Waals surface area contributed by atoms with Crippen molar-refractivity contribution in [2.24, 2.45) is 0 Å². The molecule has 1 aliphatic heterocycles. The molecule has 0 saturated carbocycles. The van der Waals surface area contributed by atoms with E-state index in [0.717, 1.165) is 23.9 Å². The van der Waals surface area contributed by atoms with Crippen molar-refractivity contribution >= 4 is 16.5 Å². The third kappa shape index (κ3) is 4.57. The maximum absolute atomic E-state index is 5.13. The first-order valence-electron chi connectivity index (χ1n) is 11.0. The molecule has 0 radical (unpaired) electrons. The van der Waals surface area contributed by atoms with E-state index in [1.54, 1.807) is 11.3 Å². The lowest BCUT2D eigenvalue weighted by molar-refractivity contribution is 0.341. The van der Waals surface area contributed by atoms with Crippen LogP contribution in [-0.2, 0) is 0 Å². The molecule has 1 saturated heterocycles. The second-order valence-corrected chi connectivity index (χ2v) is 9.33. The van der Waals surface area contributed by atoms with Crippen LogP contribution in [0, 0.1) is 20.8 Å². The molecule has 1 aliphatic rings. The summed E-state index contributed by atoms with van der Waals surface area (Å²) in [7, 11) is 0. The highest BCUT2D eigenvalue weighted by Gasteiger charge is 2.22. The molecule has 0 aliphatic carbocycles. The fourth-order valence-electron chi connectivity index (χ4n) is 4.61. The highest BCUT2D eigenvalue weighted by Crippen LogP contribution is 2.35. The minimum absolute atomic E-state index is 0.237. The van der Waals surface area contributed by atoms with E-state index in [1.807, 2.05) is 18.5 Å². The molecule has 158 valence electrons. The third-order valence-electron chi connectivity index (χ3n) is 6.16. The van der Waals surface area contributed by atoms with Crippen LogP contribution in [0.5, 0.6) is 0 Å². The van der Waals surface area contributed by atoms with Gasteiger partial charge >= 0.3 is 0 Å². The van der Waals surface area contributed by atoms with E-state index in [0.29, 0.717) is 0 Å². The minimum atomic E-state index is 0.237. The fourth-order valence-corrected chi connectivity index (χ4v) is 5.53. The van der Waals surface area contributed by atoms with Gasteiger partial charge in [-0.1, -0.05) is 23.8 Å². The van der Waals surface area contributed by atoms with Gasteiger partial charge in [-0.3, -0.25) is 4.98 Å². The predicted molar refractivity (Wildman–Crippen MR) is 127 cm³/mol. The lowest BCUT2D eigenvalue weighted by Crippen LogP contribution is -2.35. The molecule has 5 heteroatoms. The van der Waals surface area contributed by atoms with Crippen molar-refractivity contribution in [3.8, 4) is 11.3 Å².